The van der Waals surface area contributed by atoms with Crippen LogP contribution >= 0.6 is 0 Å². The molecular weight excluding hydrogens is 135 g/mol. The van der Waals surface area contributed by atoms with Crippen molar-refractivity contribution in [1.82, 2.24) is 0 Å². The Morgan fingerprint density at radius 3 is 0.571 bits per heavy atom. The maximum absolute atomic E-state index is 7.75. The Morgan fingerprint density at radius 1 is 0.571 bits per heavy atom. The van der Waals surface area contributed by atoms with Gasteiger partial charge in [0.25, 0.3) is 0 Å². The van der Waals surface area contributed by atoms with Crippen LogP contribution in [0.2, 0.25) is 0 Å². The van der Waals surface area contributed by atoms with Gasteiger partial charge in [0.1, 0.15) is 0 Å². The van der Waals surface area contributed by atoms with Gasteiger partial charge in [-0.3, -0.25) is 20.4 Å². The van der Waals surface area contributed by atoms with Crippen molar-refractivity contribution in [2.24, 2.45) is 0 Å². The molecule has 0 atom stereocenters. The fourth-order valence-electron chi connectivity index (χ4n) is 0. The molecule has 3 nitrogen and oxygen atoms in total. The topological polar surface area (TPSA) is 51.2 Å². The van der Waals surface area contributed by atoms with E-state index in [0.717, 1.165) is 0 Å². The van der Waals surface area contributed by atoms with Crippen molar-refractivity contribution in [2.45, 2.75) is 0 Å². The van der Waals surface area contributed by atoms with E-state index >= 15 is 0 Å². The minimum atomic E-state index is 0. The second kappa shape index (κ2) is 718. The first kappa shape index (κ1) is 30.7. The van der Waals surface area contributed by atoms with Crippen LogP contribution in [0.3, 0.4) is 0 Å². The van der Waals surface area contributed by atoms with Crippen LogP contribution < -0.4 is 0 Å². The monoisotopic (exact) mass is 138 g/mol. The zero-order chi connectivity index (χ0) is 6.00. The summed E-state index contributed by atoms with van der Waals surface area (Å²) in [6, 6.07) is 0. The van der Waals surface area contributed by atoms with E-state index in [4.69, 9.17) is 14.4 Å². The third kappa shape index (κ3) is 439. The molecule has 0 aliphatic rings. The molecule has 0 aromatic heterocycles. The van der Waals surface area contributed by atoms with Gasteiger partial charge in [-0.15, -0.1) is 0 Å². The number of rotatable bonds is 0. The summed E-state index contributed by atoms with van der Waals surface area (Å²) in [5, 5.41) is 0. The van der Waals surface area contributed by atoms with Gasteiger partial charge in [-0.1, -0.05) is 0 Å². The van der Waals surface area contributed by atoms with Crippen molar-refractivity contribution in [1.29, 1.82) is 0 Å². The largest absolute Gasteiger partial charge is 0.545 e. The Labute approximate surface area is 54.0 Å². The van der Waals surface area contributed by atoms with Crippen molar-refractivity contribution in [3.05, 3.63) is 0 Å². The Balaban J connectivity index is -0.00000000900. The van der Waals surface area contributed by atoms with E-state index in [9.17, 15) is 0 Å². The first-order valence-corrected chi connectivity index (χ1v) is 0.707. The van der Waals surface area contributed by atoms with Crippen molar-refractivity contribution in [3.63, 3.8) is 0 Å². The molecule has 0 saturated heterocycles. The van der Waals surface area contributed by atoms with Gasteiger partial charge in [0.15, 0.2) is 0 Å². The molecule has 0 N–H and O–H groups in total. The molecule has 4 heteroatoms. The molecule has 0 rings (SSSR count). The Hall–Kier alpha value is -0.406. The Kier molecular flexibility index (Phi) is 3140. The predicted molar refractivity (Wildman–Crippen MR) is 20.3 cm³/mol. The van der Waals surface area contributed by atoms with E-state index < -0.39 is 0 Å². The fourth-order valence-corrected chi connectivity index (χ4v) is 0. The number of hydrogen-bond acceptors (Lipinski definition) is 3. The van der Waals surface area contributed by atoms with Gasteiger partial charge in [0.2, 0.25) is 0 Å². The number of hydrogen-bond donors (Lipinski definition) is 0. The van der Waals surface area contributed by atoms with Gasteiger partial charge in [-0.2, -0.15) is 0 Å². The molecule has 0 aromatic rings. The standard InChI is InChI=1S/3CHO.V/c3*1-2;/h3*1H;/q3*-1;. The van der Waals surface area contributed by atoms with Crippen molar-refractivity contribution >= 4 is 20.4 Å². The predicted octanol–water partition coefficient (Wildman–Crippen LogP) is -0.825. The zero-order valence-electron chi connectivity index (χ0n) is 3.40. The molecule has 41 valence electrons. The second-order valence-electron chi connectivity index (χ2n) is 0. The van der Waals surface area contributed by atoms with E-state index in [1.165, 1.54) is 0 Å². The SMILES string of the molecule is [CH-]=O.[CH-]=O.[CH-]=O.[V]. The van der Waals surface area contributed by atoms with Crippen LogP contribution in [0.1, 0.15) is 0 Å². The van der Waals surface area contributed by atoms with Crippen LogP contribution in [0.15, 0.2) is 0 Å². The average Bonchev–Trinajstić information content (AvgIpc) is 1.81. The average molecular weight is 138 g/mol. The summed E-state index contributed by atoms with van der Waals surface area (Å²) >= 11 is 0. The maximum Gasteiger partial charge on any atom is 0 e. The summed E-state index contributed by atoms with van der Waals surface area (Å²) in [7, 11) is 0. The molecular formula is C3H3O3V-3. The summed E-state index contributed by atoms with van der Waals surface area (Å²) in [5.41, 5.74) is 0. The molecule has 0 bridgehead atoms. The van der Waals surface area contributed by atoms with Gasteiger partial charge in [-0.05, 0) is 0 Å². The van der Waals surface area contributed by atoms with Crippen LogP contribution in [0.25, 0.3) is 0 Å². The molecule has 0 saturated carbocycles. The minimum absolute atomic E-state index is 0. The van der Waals surface area contributed by atoms with Crippen LogP contribution in [-0.2, 0) is 32.9 Å². The van der Waals surface area contributed by atoms with Crippen molar-refractivity contribution in [2.75, 3.05) is 0 Å². The van der Waals surface area contributed by atoms with E-state index in [1.54, 1.807) is 0 Å². The summed E-state index contributed by atoms with van der Waals surface area (Å²) in [6.45, 7) is 9.75. The summed E-state index contributed by atoms with van der Waals surface area (Å²) in [4.78, 5) is 23.2. The smallest absolute Gasteiger partial charge is 0 e. The quantitative estimate of drug-likeness (QED) is 0.324. The third-order valence-electron chi connectivity index (χ3n) is 0. The molecule has 0 spiro atoms. The van der Waals surface area contributed by atoms with Crippen LogP contribution in [0.5, 0.6) is 0 Å². The zero-order valence-corrected chi connectivity index (χ0v) is 4.80. The van der Waals surface area contributed by atoms with Gasteiger partial charge >= 0.3 is 0 Å². The first-order chi connectivity index (χ1) is 3.00. The van der Waals surface area contributed by atoms with Crippen molar-refractivity contribution in [3.8, 4) is 0 Å². The van der Waals surface area contributed by atoms with E-state index in [0.29, 0.717) is 0 Å². The minimum Gasteiger partial charge on any atom is -0.545 e. The molecule has 0 aliphatic heterocycles. The third-order valence-corrected chi connectivity index (χ3v) is 0. The Bertz CT molecular complexity index is 14.9. The molecule has 7 heavy (non-hydrogen) atoms. The summed E-state index contributed by atoms with van der Waals surface area (Å²) < 4.78 is 0. The fraction of sp³-hybridized carbons (Fsp3) is 0. The molecule has 0 unspecified atom stereocenters. The summed E-state index contributed by atoms with van der Waals surface area (Å²) in [6.07, 6.45) is 0. The molecule has 1 radical (unpaired) electrons. The van der Waals surface area contributed by atoms with Gasteiger partial charge in [-0.25, -0.2) is 0 Å². The molecule has 0 fully saturated rings. The van der Waals surface area contributed by atoms with Crippen molar-refractivity contribution < 1.29 is 32.9 Å². The van der Waals surface area contributed by atoms with Gasteiger partial charge < -0.3 is 14.4 Å². The van der Waals surface area contributed by atoms with Crippen LogP contribution in [0, 0.1) is 0 Å². The van der Waals surface area contributed by atoms with Gasteiger partial charge in [0.05, 0.1) is 0 Å². The molecule has 0 aromatic carbocycles. The Morgan fingerprint density at radius 2 is 0.571 bits per heavy atom. The molecule has 0 aliphatic carbocycles. The summed E-state index contributed by atoms with van der Waals surface area (Å²) in [5.74, 6) is 0. The normalized spacial score (nSPS) is 1.71. The first-order valence-electron chi connectivity index (χ1n) is 0.707. The van der Waals surface area contributed by atoms with E-state index in [2.05, 4.69) is 20.4 Å². The van der Waals surface area contributed by atoms with Crippen LogP contribution in [0.4, 0.5) is 0 Å². The molecule has 0 heterocycles. The van der Waals surface area contributed by atoms with E-state index in [-0.39, 0.29) is 18.6 Å². The second-order valence-corrected chi connectivity index (χ2v) is 0. The number of carbonyl (C=O) groups excluding carboxylic acids is 3. The maximum atomic E-state index is 7.75. The van der Waals surface area contributed by atoms with E-state index in [1.807, 2.05) is 0 Å². The molecule has 0 amide bonds. The van der Waals surface area contributed by atoms with Gasteiger partial charge in [0, 0.05) is 18.6 Å². The van der Waals surface area contributed by atoms with Crippen LogP contribution in [-0.4, -0.2) is 20.4 Å².